The maximum Gasteiger partial charge on any atom is 0.142 e. The molecule has 3 aromatic rings. The van der Waals surface area contributed by atoms with E-state index in [2.05, 4.69) is 62.9 Å². The molecule has 0 radical (unpaired) electrons. The maximum absolute atomic E-state index is 8.70. The van der Waals surface area contributed by atoms with Gasteiger partial charge in [0.1, 0.15) is 18.0 Å². The van der Waals surface area contributed by atoms with Crippen molar-refractivity contribution < 1.29 is 4.74 Å². The molecule has 5 rings (SSSR count). The molecule has 1 N–H and O–H groups in total. The molecular weight excluding hydrogens is 374 g/mol. The van der Waals surface area contributed by atoms with Crippen molar-refractivity contribution in [3.05, 3.63) is 41.7 Å². The van der Waals surface area contributed by atoms with Crippen molar-refractivity contribution in [3.63, 3.8) is 0 Å². The fourth-order valence-corrected chi connectivity index (χ4v) is 4.16. The van der Waals surface area contributed by atoms with Crippen molar-refractivity contribution in [1.82, 2.24) is 14.9 Å². The number of aromatic nitrogens is 2. The van der Waals surface area contributed by atoms with Crippen LogP contribution < -0.4 is 9.64 Å². The van der Waals surface area contributed by atoms with Crippen molar-refractivity contribution in [3.8, 4) is 34.8 Å². The second-order valence-corrected chi connectivity index (χ2v) is 7.81. The van der Waals surface area contributed by atoms with E-state index >= 15 is 0 Å². The third kappa shape index (κ3) is 3.26. The number of hydrogen-bond donors (Lipinski definition) is 1. The van der Waals surface area contributed by atoms with E-state index in [0.717, 1.165) is 54.1 Å². The van der Waals surface area contributed by atoms with Crippen LogP contribution in [0.3, 0.4) is 0 Å². The molecule has 0 atom stereocenters. The molecule has 150 valence electrons. The molecule has 1 fully saturated rings. The van der Waals surface area contributed by atoms with Gasteiger partial charge in [0.2, 0.25) is 0 Å². The molecule has 1 aromatic carbocycles. The monoisotopic (exact) mass is 397 g/mol. The number of ether oxygens (including phenoxy) is 1. The number of nitrogens with one attached hydrogen (secondary N) is 1. The molecule has 2 aliphatic rings. The van der Waals surface area contributed by atoms with Gasteiger partial charge in [0.25, 0.3) is 0 Å². The van der Waals surface area contributed by atoms with Crippen LogP contribution >= 0.6 is 0 Å². The quantitative estimate of drug-likeness (QED) is 0.529. The Labute approximate surface area is 176 Å². The van der Waals surface area contributed by atoms with Crippen molar-refractivity contribution in [2.75, 3.05) is 38.1 Å². The molecule has 1 saturated heterocycles. The first-order chi connectivity index (χ1) is 14.7. The molecular formula is C24H23N5O. The minimum atomic E-state index is 0.436. The Morgan fingerprint density at radius 3 is 2.87 bits per heavy atom. The zero-order valence-corrected chi connectivity index (χ0v) is 17.0. The van der Waals surface area contributed by atoms with E-state index in [1.807, 2.05) is 12.4 Å². The topological polar surface area (TPSA) is 68.2 Å². The molecule has 4 heterocycles. The van der Waals surface area contributed by atoms with Crippen LogP contribution in [0.25, 0.3) is 22.2 Å². The van der Waals surface area contributed by atoms with Gasteiger partial charge in [-0.2, -0.15) is 5.26 Å². The summed E-state index contributed by atoms with van der Waals surface area (Å²) in [6.45, 7) is 4.81. The summed E-state index contributed by atoms with van der Waals surface area (Å²) in [6, 6.07) is 8.79. The van der Waals surface area contributed by atoms with Crippen LogP contribution in [-0.4, -0.2) is 48.1 Å². The zero-order valence-electron chi connectivity index (χ0n) is 17.0. The number of H-pyrrole nitrogens is 1. The second kappa shape index (κ2) is 7.74. The molecule has 30 heavy (non-hydrogen) atoms. The average molecular weight is 397 g/mol. The first kappa shape index (κ1) is 18.5. The summed E-state index contributed by atoms with van der Waals surface area (Å²) in [5.74, 6) is 7.08. The number of pyridine rings is 1. The summed E-state index contributed by atoms with van der Waals surface area (Å²) < 4.78 is 6.24. The van der Waals surface area contributed by atoms with E-state index in [1.54, 1.807) is 0 Å². The van der Waals surface area contributed by atoms with Crippen molar-refractivity contribution in [2.24, 2.45) is 0 Å². The van der Waals surface area contributed by atoms with Gasteiger partial charge < -0.3 is 19.5 Å². The summed E-state index contributed by atoms with van der Waals surface area (Å²) in [6.07, 6.45) is 4.75. The van der Waals surface area contributed by atoms with Crippen LogP contribution in [0, 0.1) is 23.2 Å². The van der Waals surface area contributed by atoms with Crippen LogP contribution in [0.1, 0.15) is 24.0 Å². The number of nitrogens with zero attached hydrogens (tertiary/aromatic N) is 4. The summed E-state index contributed by atoms with van der Waals surface area (Å²) in [5, 5.41) is 9.62. The van der Waals surface area contributed by atoms with Gasteiger partial charge >= 0.3 is 0 Å². The van der Waals surface area contributed by atoms with Crippen LogP contribution in [-0.2, 0) is 6.61 Å². The number of nitriles is 1. The van der Waals surface area contributed by atoms with E-state index in [1.165, 1.54) is 16.8 Å². The maximum atomic E-state index is 8.70. The smallest absolute Gasteiger partial charge is 0.142 e. The Balaban J connectivity index is 1.51. The van der Waals surface area contributed by atoms with E-state index in [0.29, 0.717) is 19.4 Å². The molecule has 0 unspecified atom stereocenters. The van der Waals surface area contributed by atoms with Crippen LogP contribution in [0.15, 0.2) is 30.6 Å². The first-order valence-corrected chi connectivity index (χ1v) is 10.3. The van der Waals surface area contributed by atoms with Gasteiger partial charge in [-0.3, -0.25) is 0 Å². The minimum absolute atomic E-state index is 0.436. The Hall–Kier alpha value is -3.48. The van der Waals surface area contributed by atoms with E-state index in [4.69, 9.17) is 10.00 Å². The molecule has 6 nitrogen and oxygen atoms in total. The van der Waals surface area contributed by atoms with Gasteiger partial charge in [-0.1, -0.05) is 17.9 Å². The van der Waals surface area contributed by atoms with E-state index < -0.39 is 0 Å². The third-order valence-electron chi connectivity index (χ3n) is 5.86. The van der Waals surface area contributed by atoms with Crippen molar-refractivity contribution >= 4 is 16.7 Å². The van der Waals surface area contributed by atoms with Gasteiger partial charge in [0.05, 0.1) is 17.0 Å². The number of aromatic amines is 1. The van der Waals surface area contributed by atoms with Gasteiger partial charge in [-0.25, -0.2) is 4.98 Å². The van der Waals surface area contributed by atoms with Gasteiger partial charge in [0.15, 0.2) is 0 Å². The Morgan fingerprint density at radius 2 is 2.03 bits per heavy atom. The minimum Gasteiger partial charge on any atom is -0.487 e. The first-order valence-electron chi connectivity index (χ1n) is 10.3. The molecule has 0 aliphatic carbocycles. The number of likely N-dealkylation sites (N-methyl/N-ethyl adjacent to an activating group) is 1. The van der Waals surface area contributed by atoms with Crippen molar-refractivity contribution in [2.45, 2.75) is 19.4 Å². The summed E-state index contributed by atoms with van der Waals surface area (Å²) in [4.78, 5) is 12.6. The van der Waals surface area contributed by atoms with Crippen molar-refractivity contribution in [1.29, 1.82) is 5.26 Å². The Kier molecular flexibility index (Phi) is 4.78. The standard InChI is InChI=1S/C24H23N5O/c1-28-9-11-29(12-10-28)19-6-7-20-18(13-19)16-30-23-21(20)15-27-24-22(23)17(14-26-24)5-3-2-4-8-25/h6-7,13-15H,2,4,9-12,16H2,1H3,(H,26,27). The lowest BCUT2D eigenvalue weighted by Crippen LogP contribution is -2.44. The molecule has 0 amide bonds. The largest absolute Gasteiger partial charge is 0.487 e. The van der Waals surface area contributed by atoms with Gasteiger partial charge in [-0.05, 0) is 30.3 Å². The molecule has 0 saturated carbocycles. The molecule has 2 aliphatic heterocycles. The SMILES string of the molecule is CN1CCN(c2ccc3c(c2)COc2c-3cnc3[nH]cc(C#CCCC#N)c23)CC1. The Morgan fingerprint density at radius 1 is 1.17 bits per heavy atom. The number of anilines is 1. The fourth-order valence-electron chi connectivity index (χ4n) is 4.16. The predicted molar refractivity (Wildman–Crippen MR) is 117 cm³/mol. The van der Waals surface area contributed by atoms with E-state index in [-0.39, 0.29) is 0 Å². The van der Waals surface area contributed by atoms with E-state index in [9.17, 15) is 0 Å². The normalized spacial score (nSPS) is 15.5. The fraction of sp³-hybridized carbons (Fsp3) is 0.333. The summed E-state index contributed by atoms with van der Waals surface area (Å²) in [5.41, 5.74) is 6.27. The number of benzene rings is 1. The lowest BCUT2D eigenvalue weighted by atomic mass is 9.96. The predicted octanol–water partition coefficient (Wildman–Crippen LogP) is 3.53. The number of rotatable bonds is 2. The second-order valence-electron chi connectivity index (χ2n) is 7.81. The van der Waals surface area contributed by atoms with Gasteiger partial charge in [0, 0.05) is 62.7 Å². The number of unbranched alkanes of at least 4 members (excludes halogenated alkanes) is 1. The summed E-state index contributed by atoms with van der Waals surface area (Å²) in [7, 11) is 2.17. The number of fused-ring (bicyclic) bond motifs is 5. The lowest BCUT2D eigenvalue weighted by molar-refractivity contribution is 0.305. The van der Waals surface area contributed by atoms with Crippen LogP contribution in [0.4, 0.5) is 5.69 Å². The van der Waals surface area contributed by atoms with Gasteiger partial charge in [-0.15, -0.1) is 0 Å². The third-order valence-corrected chi connectivity index (χ3v) is 5.86. The molecule has 6 heteroatoms. The van der Waals surface area contributed by atoms with Crippen LogP contribution in [0.5, 0.6) is 5.75 Å². The molecule has 0 spiro atoms. The van der Waals surface area contributed by atoms with Crippen LogP contribution in [0.2, 0.25) is 0 Å². The number of piperazine rings is 1. The highest BCUT2D eigenvalue weighted by atomic mass is 16.5. The molecule has 0 bridgehead atoms. The zero-order chi connectivity index (χ0) is 20.5. The average Bonchev–Trinajstić information content (AvgIpc) is 3.20. The summed E-state index contributed by atoms with van der Waals surface area (Å²) >= 11 is 0. The highest BCUT2D eigenvalue weighted by Crippen LogP contribution is 2.43. The number of hydrogen-bond acceptors (Lipinski definition) is 5. The molecule has 2 aromatic heterocycles. The Bertz CT molecular complexity index is 1200. The highest BCUT2D eigenvalue weighted by Gasteiger charge is 2.24. The lowest BCUT2D eigenvalue weighted by Gasteiger charge is -2.34. The highest BCUT2D eigenvalue weighted by molar-refractivity contribution is 5.96.